The minimum atomic E-state index is -0.193. The van der Waals surface area contributed by atoms with E-state index >= 15 is 0 Å². The van der Waals surface area contributed by atoms with Gasteiger partial charge in [0.15, 0.2) is 0 Å². The number of hydrogen-bond donors (Lipinski definition) is 2. The Morgan fingerprint density at radius 1 is 1.50 bits per heavy atom. The Hall–Kier alpha value is -1.63. The largest absolute Gasteiger partial charge is 0.496 e. The first-order valence-corrected chi connectivity index (χ1v) is 8.46. The summed E-state index contributed by atoms with van der Waals surface area (Å²) >= 11 is 0. The number of rotatable bonds is 6. The molecule has 6 heteroatoms. The third-order valence-corrected chi connectivity index (χ3v) is 5.23. The second-order valence-corrected chi connectivity index (χ2v) is 6.82. The van der Waals surface area contributed by atoms with Crippen LogP contribution in [0.5, 0.6) is 5.75 Å². The first-order valence-electron chi connectivity index (χ1n) is 8.46. The van der Waals surface area contributed by atoms with Crippen molar-refractivity contribution in [3.05, 3.63) is 29.8 Å². The van der Waals surface area contributed by atoms with Crippen LogP contribution in [0, 0.1) is 11.3 Å². The quantitative estimate of drug-likeness (QED) is 0.799. The number of amides is 1. The Kier molecular flexibility index (Phi) is 5.38. The Morgan fingerprint density at radius 3 is 3.08 bits per heavy atom. The SMILES string of the molecule is COc1ccccc1CNC(=O)CN1C[C@@H]2CCOC[C@]2(CO)C1. The van der Waals surface area contributed by atoms with Crippen LogP contribution in [0.25, 0.3) is 0 Å². The van der Waals surface area contributed by atoms with Crippen LogP contribution in [-0.4, -0.2) is 62.5 Å². The van der Waals surface area contributed by atoms with E-state index < -0.39 is 0 Å². The number of aliphatic hydroxyl groups is 1. The minimum Gasteiger partial charge on any atom is -0.496 e. The van der Waals surface area contributed by atoms with Crippen molar-refractivity contribution in [2.75, 3.05) is 46.6 Å². The van der Waals surface area contributed by atoms with Gasteiger partial charge in [0.2, 0.25) is 5.91 Å². The van der Waals surface area contributed by atoms with Gasteiger partial charge in [-0.3, -0.25) is 9.69 Å². The molecule has 2 heterocycles. The summed E-state index contributed by atoms with van der Waals surface area (Å²) in [4.78, 5) is 14.4. The van der Waals surface area contributed by atoms with Gasteiger partial charge in [-0.2, -0.15) is 0 Å². The second-order valence-electron chi connectivity index (χ2n) is 6.82. The highest BCUT2D eigenvalue weighted by Gasteiger charge is 2.48. The molecular formula is C18H26N2O4. The van der Waals surface area contributed by atoms with Crippen LogP contribution < -0.4 is 10.1 Å². The highest BCUT2D eigenvalue weighted by Crippen LogP contribution is 2.40. The zero-order valence-corrected chi connectivity index (χ0v) is 14.2. The fourth-order valence-corrected chi connectivity index (χ4v) is 3.85. The number of fused-ring (bicyclic) bond motifs is 1. The maximum absolute atomic E-state index is 12.3. The summed E-state index contributed by atoms with van der Waals surface area (Å²) in [6, 6.07) is 7.67. The molecule has 2 fully saturated rings. The number of aliphatic hydroxyl groups excluding tert-OH is 1. The molecule has 2 atom stereocenters. The third kappa shape index (κ3) is 3.55. The lowest BCUT2D eigenvalue weighted by Gasteiger charge is -2.36. The van der Waals surface area contributed by atoms with E-state index in [0.717, 1.165) is 37.4 Å². The summed E-state index contributed by atoms with van der Waals surface area (Å²) in [7, 11) is 1.63. The average molecular weight is 334 g/mol. The molecule has 1 aromatic rings. The molecule has 6 nitrogen and oxygen atoms in total. The lowest BCUT2D eigenvalue weighted by Crippen LogP contribution is -2.43. The van der Waals surface area contributed by atoms with E-state index in [-0.39, 0.29) is 17.9 Å². The van der Waals surface area contributed by atoms with Gasteiger partial charge in [-0.05, 0) is 18.4 Å². The van der Waals surface area contributed by atoms with Crippen molar-refractivity contribution in [1.82, 2.24) is 10.2 Å². The fraction of sp³-hybridized carbons (Fsp3) is 0.611. The topological polar surface area (TPSA) is 71.0 Å². The van der Waals surface area contributed by atoms with Crippen molar-refractivity contribution in [3.63, 3.8) is 0 Å². The monoisotopic (exact) mass is 334 g/mol. The maximum Gasteiger partial charge on any atom is 0.234 e. The molecule has 0 bridgehead atoms. The van der Waals surface area contributed by atoms with Gasteiger partial charge >= 0.3 is 0 Å². The molecule has 1 amide bonds. The molecule has 0 radical (unpaired) electrons. The van der Waals surface area contributed by atoms with Crippen LogP contribution in [0.4, 0.5) is 0 Å². The predicted molar refractivity (Wildman–Crippen MR) is 89.7 cm³/mol. The number of nitrogens with zero attached hydrogens (tertiary/aromatic N) is 1. The molecule has 132 valence electrons. The Morgan fingerprint density at radius 2 is 2.33 bits per heavy atom. The first kappa shape index (κ1) is 17.2. The fourth-order valence-electron chi connectivity index (χ4n) is 3.85. The molecule has 0 aliphatic carbocycles. The van der Waals surface area contributed by atoms with Gasteiger partial charge in [0.25, 0.3) is 0 Å². The number of benzene rings is 1. The molecule has 2 aliphatic rings. The molecule has 0 spiro atoms. The summed E-state index contributed by atoms with van der Waals surface area (Å²) in [6.07, 6.45) is 0.958. The Bertz CT molecular complexity index is 580. The summed E-state index contributed by atoms with van der Waals surface area (Å²) in [5, 5.41) is 12.8. The Labute approximate surface area is 142 Å². The van der Waals surface area contributed by atoms with Crippen molar-refractivity contribution in [2.45, 2.75) is 13.0 Å². The number of carbonyl (C=O) groups excluding carboxylic acids is 1. The third-order valence-electron chi connectivity index (χ3n) is 5.23. The van der Waals surface area contributed by atoms with Crippen LogP contribution in [0.2, 0.25) is 0 Å². The summed E-state index contributed by atoms with van der Waals surface area (Å²) in [5.74, 6) is 1.19. The molecule has 2 N–H and O–H groups in total. The van der Waals surface area contributed by atoms with Gasteiger partial charge in [-0.1, -0.05) is 18.2 Å². The zero-order chi connectivity index (χ0) is 17.0. The summed E-state index contributed by atoms with van der Waals surface area (Å²) in [5.41, 5.74) is 0.768. The van der Waals surface area contributed by atoms with E-state index in [4.69, 9.17) is 9.47 Å². The minimum absolute atomic E-state index is 0.00596. The van der Waals surface area contributed by atoms with Gasteiger partial charge in [0, 0.05) is 37.2 Å². The van der Waals surface area contributed by atoms with Crippen molar-refractivity contribution in [1.29, 1.82) is 0 Å². The van der Waals surface area contributed by atoms with Gasteiger partial charge in [0.1, 0.15) is 5.75 Å². The molecule has 0 unspecified atom stereocenters. The summed E-state index contributed by atoms with van der Waals surface area (Å²) in [6.45, 7) is 3.84. The lowest BCUT2D eigenvalue weighted by atomic mass is 9.76. The van der Waals surface area contributed by atoms with Crippen molar-refractivity contribution in [2.24, 2.45) is 11.3 Å². The molecule has 24 heavy (non-hydrogen) atoms. The normalized spacial score (nSPS) is 26.8. The van der Waals surface area contributed by atoms with E-state index in [9.17, 15) is 9.90 Å². The molecule has 0 saturated carbocycles. The highest BCUT2D eigenvalue weighted by atomic mass is 16.5. The van der Waals surface area contributed by atoms with Gasteiger partial charge in [-0.15, -0.1) is 0 Å². The highest BCUT2D eigenvalue weighted by molar-refractivity contribution is 5.78. The van der Waals surface area contributed by atoms with Gasteiger partial charge in [0.05, 0.1) is 26.9 Å². The number of carbonyl (C=O) groups is 1. The summed E-state index contributed by atoms with van der Waals surface area (Å²) < 4.78 is 10.9. The number of ether oxygens (including phenoxy) is 2. The van der Waals surface area contributed by atoms with Crippen LogP contribution in [-0.2, 0) is 16.1 Å². The number of hydrogen-bond acceptors (Lipinski definition) is 5. The number of para-hydroxylation sites is 1. The van der Waals surface area contributed by atoms with Crippen molar-refractivity contribution in [3.8, 4) is 5.75 Å². The zero-order valence-electron chi connectivity index (χ0n) is 14.2. The van der Waals surface area contributed by atoms with Crippen molar-refractivity contribution >= 4 is 5.91 Å². The average Bonchev–Trinajstić information content (AvgIpc) is 2.98. The molecule has 0 aromatic heterocycles. The molecule has 3 rings (SSSR count). The van der Waals surface area contributed by atoms with Crippen LogP contribution in [0.1, 0.15) is 12.0 Å². The smallest absolute Gasteiger partial charge is 0.234 e. The number of methoxy groups -OCH3 is 1. The van der Waals surface area contributed by atoms with Gasteiger partial charge < -0.3 is 19.9 Å². The number of nitrogens with one attached hydrogen (secondary N) is 1. The standard InChI is InChI=1S/C18H26N2O4/c1-23-16-5-3-2-4-14(16)8-19-17(22)10-20-9-15-6-7-24-13-18(15,11-20)12-21/h2-5,15,21H,6-13H2,1H3,(H,19,22)/t15-,18+/m0/s1. The van der Waals surface area contributed by atoms with Crippen LogP contribution in [0.3, 0.4) is 0 Å². The van der Waals surface area contributed by atoms with Gasteiger partial charge in [-0.25, -0.2) is 0 Å². The predicted octanol–water partition coefficient (Wildman–Crippen LogP) is 0.642. The number of likely N-dealkylation sites (tertiary alicyclic amines) is 1. The van der Waals surface area contributed by atoms with E-state index in [1.54, 1.807) is 7.11 Å². The van der Waals surface area contributed by atoms with E-state index in [2.05, 4.69) is 10.2 Å². The van der Waals surface area contributed by atoms with E-state index in [1.165, 1.54) is 0 Å². The molecular weight excluding hydrogens is 308 g/mol. The van der Waals surface area contributed by atoms with E-state index in [1.807, 2.05) is 24.3 Å². The van der Waals surface area contributed by atoms with Crippen molar-refractivity contribution < 1.29 is 19.4 Å². The Balaban J connectivity index is 1.52. The molecule has 2 aliphatic heterocycles. The maximum atomic E-state index is 12.3. The van der Waals surface area contributed by atoms with Crippen LogP contribution >= 0.6 is 0 Å². The molecule has 1 aromatic carbocycles. The van der Waals surface area contributed by atoms with E-state index in [0.29, 0.717) is 25.6 Å². The lowest BCUT2D eigenvalue weighted by molar-refractivity contribution is -0.122. The second kappa shape index (κ2) is 7.51. The van der Waals surface area contributed by atoms with Crippen LogP contribution in [0.15, 0.2) is 24.3 Å². The molecule has 2 saturated heterocycles. The first-order chi connectivity index (χ1) is 11.7.